The number of benzene rings is 1. The Morgan fingerprint density at radius 3 is 2.74 bits per heavy atom. The van der Waals surface area contributed by atoms with E-state index in [1.807, 2.05) is 11.0 Å². The van der Waals surface area contributed by atoms with Gasteiger partial charge in [0.2, 0.25) is 5.91 Å². The van der Waals surface area contributed by atoms with Gasteiger partial charge >= 0.3 is 0 Å². The molecule has 1 aliphatic rings. The summed E-state index contributed by atoms with van der Waals surface area (Å²) in [5.41, 5.74) is 1.14. The first-order chi connectivity index (χ1) is 15.0. The molecule has 1 aromatic carbocycles. The normalized spacial score (nSPS) is 13.7. The molecule has 0 aliphatic carbocycles. The van der Waals surface area contributed by atoms with Gasteiger partial charge in [0, 0.05) is 31.6 Å². The Kier molecular flexibility index (Phi) is 5.95. The van der Waals surface area contributed by atoms with Crippen molar-refractivity contribution in [2.24, 2.45) is 0 Å². The summed E-state index contributed by atoms with van der Waals surface area (Å²) >= 11 is 1.24. The van der Waals surface area contributed by atoms with Crippen LogP contribution in [0.15, 0.2) is 46.4 Å². The summed E-state index contributed by atoms with van der Waals surface area (Å²) < 4.78 is 18.9. The molecule has 158 valence electrons. The van der Waals surface area contributed by atoms with E-state index in [0.29, 0.717) is 42.7 Å². The lowest BCUT2D eigenvalue weighted by molar-refractivity contribution is -0.130. The number of piperazine rings is 1. The van der Waals surface area contributed by atoms with Gasteiger partial charge in [-0.3, -0.25) is 14.9 Å². The van der Waals surface area contributed by atoms with Gasteiger partial charge < -0.3 is 14.2 Å². The number of carbonyl (C=O) groups excluding carboxylic acids is 2. The van der Waals surface area contributed by atoms with Crippen LogP contribution in [0.4, 0.5) is 15.2 Å². The molecule has 0 radical (unpaired) electrons. The zero-order valence-electron chi connectivity index (χ0n) is 16.4. The van der Waals surface area contributed by atoms with Crippen LogP contribution in [0.5, 0.6) is 0 Å². The topological polar surface area (TPSA) is 102 Å². The molecule has 0 unspecified atom stereocenters. The smallest absolute Gasteiger partial charge is 0.293 e. The van der Waals surface area contributed by atoms with Crippen LogP contribution in [0.3, 0.4) is 0 Å². The van der Waals surface area contributed by atoms with Crippen molar-refractivity contribution in [3.8, 4) is 6.07 Å². The van der Waals surface area contributed by atoms with E-state index in [1.165, 1.54) is 23.7 Å². The molecular weight excluding hydrogens is 421 g/mol. The van der Waals surface area contributed by atoms with Crippen LogP contribution in [-0.2, 0) is 11.2 Å². The Morgan fingerprint density at radius 1 is 1.23 bits per heavy atom. The predicted octanol–water partition coefficient (Wildman–Crippen LogP) is 2.89. The van der Waals surface area contributed by atoms with Gasteiger partial charge in [-0.1, -0.05) is 6.07 Å². The number of anilines is 2. The van der Waals surface area contributed by atoms with E-state index in [0.717, 1.165) is 0 Å². The van der Waals surface area contributed by atoms with Gasteiger partial charge in [-0.2, -0.15) is 5.26 Å². The number of nitriles is 1. The van der Waals surface area contributed by atoms with Crippen molar-refractivity contribution in [2.45, 2.75) is 6.42 Å². The first-order valence-corrected chi connectivity index (χ1v) is 10.4. The number of carbonyl (C=O) groups is 2. The van der Waals surface area contributed by atoms with Crippen molar-refractivity contribution >= 4 is 34.0 Å². The average molecular weight is 439 g/mol. The summed E-state index contributed by atoms with van der Waals surface area (Å²) in [5.74, 6) is -0.837. The first kappa shape index (κ1) is 20.6. The van der Waals surface area contributed by atoms with Crippen LogP contribution in [0.1, 0.15) is 21.8 Å². The molecular formula is C21H18FN5O3S. The van der Waals surface area contributed by atoms with Crippen molar-refractivity contribution in [3.63, 3.8) is 0 Å². The zero-order chi connectivity index (χ0) is 21.8. The molecule has 1 N–H and O–H groups in total. The van der Waals surface area contributed by atoms with Crippen molar-refractivity contribution in [1.29, 1.82) is 5.26 Å². The molecule has 1 fully saturated rings. The third kappa shape index (κ3) is 4.57. The van der Waals surface area contributed by atoms with E-state index in [2.05, 4.69) is 10.3 Å². The van der Waals surface area contributed by atoms with Crippen molar-refractivity contribution in [2.75, 3.05) is 36.4 Å². The van der Waals surface area contributed by atoms with Crippen LogP contribution in [-0.4, -0.2) is 47.9 Å². The lowest BCUT2D eigenvalue weighted by Crippen LogP contribution is -2.49. The molecule has 2 amide bonds. The van der Waals surface area contributed by atoms with Gasteiger partial charge in [-0.05, 0) is 24.3 Å². The van der Waals surface area contributed by atoms with Crippen molar-refractivity contribution < 1.29 is 18.4 Å². The Morgan fingerprint density at radius 2 is 2.03 bits per heavy atom. The molecule has 4 rings (SSSR count). The first-order valence-electron chi connectivity index (χ1n) is 9.55. The summed E-state index contributed by atoms with van der Waals surface area (Å²) in [6.45, 7) is 1.94. The molecule has 3 heterocycles. The van der Waals surface area contributed by atoms with Crippen LogP contribution in [0.2, 0.25) is 0 Å². The minimum absolute atomic E-state index is 0.0221. The predicted molar refractivity (Wildman–Crippen MR) is 112 cm³/mol. The summed E-state index contributed by atoms with van der Waals surface area (Å²) in [7, 11) is 0. The molecule has 10 heteroatoms. The molecule has 0 spiro atoms. The number of amides is 2. The Hall–Kier alpha value is -3.71. The van der Waals surface area contributed by atoms with Crippen LogP contribution < -0.4 is 10.2 Å². The Balaban J connectivity index is 1.32. The van der Waals surface area contributed by atoms with E-state index in [4.69, 9.17) is 4.42 Å². The van der Waals surface area contributed by atoms with E-state index in [1.54, 1.807) is 34.5 Å². The molecule has 3 aromatic rings. The summed E-state index contributed by atoms with van der Waals surface area (Å²) in [5, 5.41) is 14.0. The number of aromatic nitrogens is 1. The summed E-state index contributed by atoms with van der Waals surface area (Å²) in [6, 6.07) is 9.64. The van der Waals surface area contributed by atoms with Crippen molar-refractivity contribution in [1.82, 2.24) is 9.88 Å². The van der Waals surface area contributed by atoms with E-state index in [-0.39, 0.29) is 23.7 Å². The maximum Gasteiger partial charge on any atom is 0.293 e. The lowest BCUT2D eigenvalue weighted by atomic mass is 10.1. The number of thiazole rings is 1. The number of hydrogen-bond donors (Lipinski definition) is 1. The minimum atomic E-state index is -0.544. The number of nitrogens with zero attached hydrogens (tertiary/aromatic N) is 4. The summed E-state index contributed by atoms with van der Waals surface area (Å²) in [6.07, 6.45) is 1.53. The number of hydrogen-bond acceptors (Lipinski definition) is 7. The highest BCUT2D eigenvalue weighted by molar-refractivity contribution is 7.14. The SMILES string of the molecule is N#Cc1c(F)cccc1N1CCN(C(=O)Cc2csc(NC(=O)c3ccco3)n2)CC1. The monoisotopic (exact) mass is 439 g/mol. The molecule has 2 aromatic heterocycles. The fraction of sp³-hybridized carbons (Fsp3) is 0.238. The van der Waals surface area contributed by atoms with E-state index < -0.39 is 11.7 Å². The molecule has 8 nitrogen and oxygen atoms in total. The molecule has 31 heavy (non-hydrogen) atoms. The Bertz CT molecular complexity index is 1130. The number of furan rings is 1. The van der Waals surface area contributed by atoms with Gasteiger partial charge in [0.25, 0.3) is 5.91 Å². The van der Waals surface area contributed by atoms with E-state index in [9.17, 15) is 19.2 Å². The van der Waals surface area contributed by atoms with Crippen LogP contribution >= 0.6 is 11.3 Å². The third-order valence-electron chi connectivity index (χ3n) is 4.93. The standard InChI is InChI=1S/C21H18FN5O3S/c22-16-3-1-4-17(15(16)12-23)26-6-8-27(9-7-26)19(28)11-14-13-31-21(24-14)25-20(29)18-5-2-10-30-18/h1-5,10,13H,6-9,11H2,(H,24,25,29). The maximum atomic E-state index is 13.9. The van der Waals surface area contributed by atoms with E-state index >= 15 is 0 Å². The van der Waals surface area contributed by atoms with Gasteiger partial charge in [0.15, 0.2) is 10.9 Å². The molecule has 1 aliphatic heterocycles. The fourth-order valence-electron chi connectivity index (χ4n) is 3.36. The molecule has 0 bridgehead atoms. The second kappa shape index (κ2) is 8.97. The third-order valence-corrected chi connectivity index (χ3v) is 5.73. The van der Waals surface area contributed by atoms with Crippen LogP contribution in [0, 0.1) is 17.1 Å². The summed E-state index contributed by atoms with van der Waals surface area (Å²) in [4.78, 5) is 32.6. The highest BCUT2D eigenvalue weighted by Gasteiger charge is 2.24. The highest BCUT2D eigenvalue weighted by atomic mass is 32.1. The molecule has 0 saturated carbocycles. The van der Waals surface area contributed by atoms with Crippen LogP contribution in [0.25, 0.3) is 0 Å². The lowest BCUT2D eigenvalue weighted by Gasteiger charge is -2.36. The number of nitrogens with one attached hydrogen (secondary N) is 1. The second-order valence-electron chi connectivity index (χ2n) is 6.87. The Labute approximate surface area is 181 Å². The minimum Gasteiger partial charge on any atom is -0.459 e. The van der Waals surface area contributed by atoms with Gasteiger partial charge in [-0.15, -0.1) is 11.3 Å². The van der Waals surface area contributed by atoms with Gasteiger partial charge in [0.1, 0.15) is 17.4 Å². The number of rotatable bonds is 5. The largest absolute Gasteiger partial charge is 0.459 e. The average Bonchev–Trinajstić information content (AvgIpc) is 3.46. The quantitative estimate of drug-likeness (QED) is 0.656. The highest BCUT2D eigenvalue weighted by Crippen LogP contribution is 2.24. The second-order valence-corrected chi connectivity index (χ2v) is 7.72. The molecule has 0 atom stereocenters. The molecule has 1 saturated heterocycles. The van der Waals surface area contributed by atoms with Crippen molar-refractivity contribution in [3.05, 3.63) is 64.8 Å². The van der Waals surface area contributed by atoms with Gasteiger partial charge in [0.05, 0.1) is 24.1 Å². The fourth-order valence-corrected chi connectivity index (χ4v) is 4.07. The maximum absolute atomic E-state index is 13.9. The number of halogens is 1. The van der Waals surface area contributed by atoms with Gasteiger partial charge in [-0.25, -0.2) is 9.37 Å². The zero-order valence-corrected chi connectivity index (χ0v) is 17.2.